The Hall–Kier alpha value is -2.82. The monoisotopic (exact) mass is 845 g/mol. The smallest absolute Gasteiger partial charge is 0.283 e. The highest BCUT2D eigenvalue weighted by atomic mass is 35.5. The lowest BCUT2D eigenvalue weighted by Gasteiger charge is -2.52. The first-order chi connectivity index (χ1) is 28.0. The molecule has 1 aromatic carbocycles. The van der Waals surface area contributed by atoms with Crippen LogP contribution in [0.1, 0.15) is 67.1 Å². The van der Waals surface area contributed by atoms with E-state index in [1.165, 1.54) is 0 Å². The van der Waals surface area contributed by atoms with Gasteiger partial charge in [0.1, 0.15) is 17.9 Å². The summed E-state index contributed by atoms with van der Waals surface area (Å²) in [6.45, 7) is 9.34. The summed E-state index contributed by atoms with van der Waals surface area (Å²) in [5.74, 6) is 0.471. The van der Waals surface area contributed by atoms with Crippen molar-refractivity contribution in [3.63, 3.8) is 0 Å². The van der Waals surface area contributed by atoms with Crippen molar-refractivity contribution in [1.82, 2.24) is 19.5 Å². The third-order valence-electron chi connectivity index (χ3n) is 12.8. The topological polar surface area (TPSA) is 132 Å². The fourth-order valence-electron chi connectivity index (χ4n) is 9.37. The first-order valence-corrected chi connectivity index (χ1v) is 22.8. The molecule has 1 saturated carbocycles. The van der Waals surface area contributed by atoms with Crippen LogP contribution >= 0.6 is 11.6 Å². The summed E-state index contributed by atoms with van der Waals surface area (Å²) in [7, 11) is 2.72. The van der Waals surface area contributed by atoms with Gasteiger partial charge in [0.2, 0.25) is 10.0 Å². The number of carbonyl (C=O) groups is 1. The van der Waals surface area contributed by atoms with Crippen molar-refractivity contribution in [2.75, 3.05) is 99.0 Å². The predicted octanol–water partition coefficient (Wildman–Crippen LogP) is 5.21. The number of rotatable bonds is 11. The maximum atomic E-state index is 14.0. The quantitative estimate of drug-likeness (QED) is 0.298. The Morgan fingerprint density at radius 2 is 1.76 bits per heavy atom. The number of piperazine rings is 1. The van der Waals surface area contributed by atoms with Crippen LogP contribution < -0.4 is 14.4 Å². The first-order valence-electron chi connectivity index (χ1n) is 20.9. The summed E-state index contributed by atoms with van der Waals surface area (Å²) < 4.78 is 60.1. The van der Waals surface area contributed by atoms with Gasteiger partial charge in [0.05, 0.1) is 24.5 Å². The van der Waals surface area contributed by atoms with E-state index in [4.69, 9.17) is 40.3 Å². The van der Waals surface area contributed by atoms with Gasteiger partial charge in [-0.05, 0) is 98.1 Å². The highest BCUT2D eigenvalue weighted by Crippen LogP contribution is 2.46. The van der Waals surface area contributed by atoms with Crippen molar-refractivity contribution in [2.24, 2.45) is 17.8 Å². The van der Waals surface area contributed by atoms with Gasteiger partial charge in [0.25, 0.3) is 5.91 Å². The van der Waals surface area contributed by atoms with Gasteiger partial charge in [0, 0.05) is 85.9 Å². The number of fused-ring (bicyclic) bond motifs is 3. The number of nitrogens with one attached hydrogen (secondary N) is 1. The van der Waals surface area contributed by atoms with Gasteiger partial charge in [-0.2, -0.15) is 0 Å². The van der Waals surface area contributed by atoms with Crippen molar-refractivity contribution in [3.05, 3.63) is 64.3 Å². The largest absolute Gasteiger partial charge is 0.485 e. The van der Waals surface area contributed by atoms with Gasteiger partial charge in [-0.25, -0.2) is 18.1 Å². The van der Waals surface area contributed by atoms with Gasteiger partial charge in [-0.3, -0.25) is 14.6 Å². The number of methoxy groups -OCH3 is 4. The molecule has 1 N–H and O–H groups in total. The zero-order valence-electron chi connectivity index (χ0n) is 35.0. The summed E-state index contributed by atoms with van der Waals surface area (Å²) in [5, 5.41) is -0.183. The number of pyridine rings is 1. The summed E-state index contributed by atoms with van der Waals surface area (Å²) >= 11 is 6.42. The minimum atomic E-state index is -4.13. The average molecular weight is 847 g/mol. The predicted molar refractivity (Wildman–Crippen MR) is 226 cm³/mol. The lowest BCUT2D eigenvalue weighted by Crippen LogP contribution is -2.60. The van der Waals surface area contributed by atoms with Crippen LogP contribution in [0.3, 0.4) is 0 Å². The maximum Gasteiger partial charge on any atom is 0.283 e. The number of amides is 1. The standard InChI is InChI=1S/C43H64ClN5O8S/c1-31-9-8-18-43(56-5,30-47-20-22-48(23-21-47)36(28-54-3)29-55-4)37-14-12-33(37)26-49-19-7-6-10-32-25-35(44)13-11-34(32)27-57-39-16-15-38(45-41(39)49)42(50)46-58(51,52)40(31)17-24-53-2/h8,11,13,15-16,18,25,31,33,36-37,40H,6-7,9-10,12,14,17,19-24,26-30H2,1-5H3,(H,46,50)/b18-8+/t31-,33-,37+,40?,43+/m0/s1. The molecule has 2 fully saturated rings. The number of aryl methyl sites for hydroxylation is 1. The number of anilines is 1. The Kier molecular flexibility index (Phi) is 15.9. The number of halogens is 1. The molecular formula is C43H64ClN5O8S. The molecule has 13 nitrogen and oxygen atoms in total. The number of hydrogen-bond acceptors (Lipinski definition) is 12. The fraction of sp³-hybridized carbons (Fsp3) is 0.674. The van der Waals surface area contributed by atoms with Crippen LogP contribution in [0.5, 0.6) is 5.75 Å². The molecule has 1 aliphatic carbocycles. The molecule has 3 aliphatic heterocycles. The fourth-order valence-corrected chi connectivity index (χ4v) is 11.2. The second-order valence-electron chi connectivity index (χ2n) is 16.5. The number of nitrogens with zero attached hydrogens (tertiary/aromatic N) is 4. The number of carbonyl (C=O) groups excluding carboxylic acids is 1. The normalized spacial score (nSPS) is 28.0. The molecule has 1 unspecified atom stereocenters. The maximum absolute atomic E-state index is 14.0. The van der Waals surface area contributed by atoms with E-state index >= 15 is 0 Å². The molecule has 15 heteroatoms. The third kappa shape index (κ3) is 10.7. The van der Waals surface area contributed by atoms with Gasteiger partial charge in [-0.15, -0.1) is 0 Å². The van der Waals surface area contributed by atoms with Gasteiger partial charge in [-0.1, -0.05) is 36.7 Å². The summed E-state index contributed by atoms with van der Waals surface area (Å²) in [6.07, 6.45) is 9.75. The van der Waals surface area contributed by atoms with Crippen LogP contribution in [0.25, 0.3) is 0 Å². The molecule has 322 valence electrons. The van der Waals surface area contributed by atoms with E-state index in [-0.39, 0.29) is 42.5 Å². The van der Waals surface area contributed by atoms with E-state index in [0.29, 0.717) is 62.5 Å². The van der Waals surface area contributed by atoms with Gasteiger partial charge in [0.15, 0.2) is 11.6 Å². The number of sulfonamides is 1. The minimum Gasteiger partial charge on any atom is -0.485 e. The SMILES string of the molecule is COCCC1[C@@H](C)C/C=C/[C@](CN2CCN(C(COC)COC)CC2)(OC)[C@@H]2CC[C@H]2CN2CCCCc3cc(Cl)ccc3COc3ccc(nc32)C(=O)NS1(=O)=O. The number of hydrogen-bond donors (Lipinski definition) is 1. The molecule has 5 atom stereocenters. The Morgan fingerprint density at radius 1 is 0.983 bits per heavy atom. The Labute approximate surface area is 350 Å². The molecule has 1 saturated heterocycles. The van der Waals surface area contributed by atoms with E-state index in [1.807, 2.05) is 32.2 Å². The molecular weight excluding hydrogens is 782 g/mol. The van der Waals surface area contributed by atoms with Crippen molar-refractivity contribution in [1.29, 1.82) is 0 Å². The van der Waals surface area contributed by atoms with Crippen molar-refractivity contribution >= 4 is 33.3 Å². The number of ether oxygens (including phenoxy) is 5. The molecule has 0 spiro atoms. The van der Waals surface area contributed by atoms with Crippen LogP contribution in [0.15, 0.2) is 42.5 Å². The van der Waals surface area contributed by atoms with Crippen molar-refractivity contribution in [2.45, 2.75) is 75.4 Å². The van der Waals surface area contributed by atoms with Gasteiger partial charge < -0.3 is 28.6 Å². The summed E-state index contributed by atoms with van der Waals surface area (Å²) in [4.78, 5) is 26.0. The highest BCUT2D eigenvalue weighted by molar-refractivity contribution is 7.90. The molecule has 4 aliphatic rings. The van der Waals surface area contributed by atoms with Crippen molar-refractivity contribution in [3.8, 4) is 5.75 Å². The molecule has 6 rings (SSSR count). The molecule has 2 aromatic rings. The van der Waals surface area contributed by atoms with E-state index in [0.717, 1.165) is 69.4 Å². The van der Waals surface area contributed by atoms with Crippen LogP contribution in [0.4, 0.5) is 5.82 Å². The molecule has 58 heavy (non-hydrogen) atoms. The second kappa shape index (κ2) is 20.6. The number of aromatic nitrogens is 1. The lowest BCUT2D eigenvalue weighted by molar-refractivity contribution is -0.0978. The highest BCUT2D eigenvalue weighted by Gasteiger charge is 2.48. The van der Waals surface area contributed by atoms with Crippen LogP contribution in [-0.4, -0.2) is 140 Å². The lowest BCUT2D eigenvalue weighted by atomic mass is 9.63. The van der Waals surface area contributed by atoms with E-state index in [2.05, 4.69) is 31.6 Å². The van der Waals surface area contributed by atoms with Crippen LogP contribution in [0, 0.1) is 17.8 Å². The van der Waals surface area contributed by atoms with E-state index in [1.54, 1.807) is 33.5 Å². The molecule has 4 heterocycles. The first kappa shape index (κ1) is 44.7. The summed E-state index contributed by atoms with van der Waals surface area (Å²) in [6, 6.07) is 9.41. The Balaban J connectivity index is 1.36. The zero-order chi connectivity index (χ0) is 41.3. The zero-order valence-corrected chi connectivity index (χ0v) is 36.6. The third-order valence-corrected chi connectivity index (χ3v) is 15.0. The van der Waals surface area contributed by atoms with Gasteiger partial charge >= 0.3 is 0 Å². The van der Waals surface area contributed by atoms with E-state index in [9.17, 15) is 13.2 Å². The molecule has 2 bridgehead atoms. The Bertz CT molecular complexity index is 1800. The minimum absolute atomic E-state index is 0.0249. The Morgan fingerprint density at radius 3 is 2.45 bits per heavy atom. The van der Waals surface area contributed by atoms with Crippen LogP contribution in [0.2, 0.25) is 5.02 Å². The van der Waals surface area contributed by atoms with E-state index < -0.39 is 26.8 Å². The van der Waals surface area contributed by atoms with Crippen molar-refractivity contribution < 1.29 is 36.9 Å². The molecule has 1 aromatic heterocycles. The average Bonchev–Trinajstić information content (AvgIpc) is 3.22. The number of allylic oxidation sites excluding steroid dienone is 1. The van der Waals surface area contributed by atoms with Crippen LogP contribution in [-0.2, 0) is 42.0 Å². The second-order valence-corrected chi connectivity index (χ2v) is 18.9. The summed E-state index contributed by atoms with van der Waals surface area (Å²) in [5.41, 5.74) is 1.62. The number of benzene rings is 1. The molecule has 1 amide bonds. The molecule has 0 radical (unpaired) electrons.